The lowest BCUT2D eigenvalue weighted by Gasteiger charge is -2.33. The first-order chi connectivity index (χ1) is 12.3. The van der Waals surface area contributed by atoms with Crippen LogP contribution in [0, 0.1) is 5.92 Å². The number of rotatable bonds is 3. The molecule has 26 heavy (non-hydrogen) atoms. The van der Waals surface area contributed by atoms with Gasteiger partial charge in [0.1, 0.15) is 0 Å². The monoisotopic (exact) mass is 372 g/mol. The van der Waals surface area contributed by atoms with Gasteiger partial charge in [0.15, 0.2) is 0 Å². The summed E-state index contributed by atoms with van der Waals surface area (Å²) in [5.41, 5.74) is -0.142. The number of methoxy groups -OCH3 is 1. The van der Waals surface area contributed by atoms with Crippen molar-refractivity contribution in [2.45, 2.75) is 12.6 Å². The van der Waals surface area contributed by atoms with Gasteiger partial charge in [0.2, 0.25) is 5.91 Å². The highest BCUT2D eigenvalue weighted by Gasteiger charge is 2.39. The van der Waals surface area contributed by atoms with Crippen molar-refractivity contribution >= 4 is 23.3 Å². The lowest BCUT2D eigenvalue weighted by Crippen LogP contribution is -2.38. The summed E-state index contributed by atoms with van der Waals surface area (Å²) in [4.78, 5) is 27.3. The second-order valence-corrected chi connectivity index (χ2v) is 6.23. The molecule has 1 aromatic carbocycles. The van der Waals surface area contributed by atoms with E-state index in [4.69, 9.17) is 4.74 Å². The molecule has 9 heteroatoms. The zero-order chi connectivity index (χ0) is 18.9. The number of hydrogen-bond acceptors (Lipinski definition) is 5. The average Bonchev–Trinajstić information content (AvgIpc) is 3.02. The Morgan fingerprint density at radius 1 is 1.23 bits per heavy atom. The Labute approximate surface area is 148 Å². The molecule has 2 aliphatic heterocycles. The molecular formula is C17H19F3N2O4. The molecule has 2 heterocycles. The second kappa shape index (κ2) is 7.14. The molecule has 0 N–H and O–H groups in total. The van der Waals surface area contributed by atoms with Crippen LogP contribution in [-0.2, 0) is 25.2 Å². The van der Waals surface area contributed by atoms with Gasteiger partial charge < -0.3 is 19.3 Å². The summed E-state index contributed by atoms with van der Waals surface area (Å²) in [6.07, 6.45) is -4.60. The molecule has 2 aliphatic rings. The largest absolute Gasteiger partial charge is 0.469 e. The van der Waals surface area contributed by atoms with Crippen LogP contribution in [0.15, 0.2) is 18.2 Å². The van der Waals surface area contributed by atoms with Crippen molar-refractivity contribution in [2.75, 3.05) is 49.8 Å². The molecule has 0 bridgehead atoms. The van der Waals surface area contributed by atoms with Crippen molar-refractivity contribution in [3.8, 4) is 0 Å². The van der Waals surface area contributed by atoms with Gasteiger partial charge >= 0.3 is 12.1 Å². The van der Waals surface area contributed by atoms with Crippen molar-refractivity contribution in [1.29, 1.82) is 0 Å². The van der Waals surface area contributed by atoms with Crippen LogP contribution < -0.4 is 9.80 Å². The predicted octanol–water partition coefficient (Wildman–Crippen LogP) is 2.07. The van der Waals surface area contributed by atoms with Gasteiger partial charge in [-0.15, -0.1) is 0 Å². The van der Waals surface area contributed by atoms with E-state index in [1.54, 1.807) is 0 Å². The highest BCUT2D eigenvalue weighted by Crippen LogP contribution is 2.39. The molecule has 1 aromatic rings. The number of amides is 1. The van der Waals surface area contributed by atoms with E-state index in [2.05, 4.69) is 4.74 Å². The van der Waals surface area contributed by atoms with E-state index < -0.39 is 29.5 Å². The average molecular weight is 372 g/mol. The van der Waals surface area contributed by atoms with Crippen molar-refractivity contribution < 1.29 is 32.2 Å². The highest BCUT2D eigenvalue weighted by molar-refractivity contribution is 6.02. The maximum Gasteiger partial charge on any atom is 0.416 e. The molecule has 2 saturated heterocycles. The van der Waals surface area contributed by atoms with Gasteiger partial charge in [0, 0.05) is 26.1 Å². The number of carbonyl (C=O) groups excluding carboxylic acids is 2. The summed E-state index contributed by atoms with van der Waals surface area (Å²) in [6.45, 7) is 1.95. The minimum absolute atomic E-state index is 0.00412. The van der Waals surface area contributed by atoms with Gasteiger partial charge in [0.25, 0.3) is 0 Å². The van der Waals surface area contributed by atoms with Crippen LogP contribution in [0.25, 0.3) is 0 Å². The zero-order valence-electron chi connectivity index (χ0n) is 14.2. The van der Waals surface area contributed by atoms with E-state index in [-0.39, 0.29) is 18.7 Å². The summed E-state index contributed by atoms with van der Waals surface area (Å²) in [5.74, 6) is -1.62. The van der Waals surface area contributed by atoms with E-state index in [1.807, 2.05) is 4.90 Å². The molecule has 1 unspecified atom stereocenters. The SMILES string of the molecule is COC(=O)C1CC(=O)N(c2cc(C(F)(F)F)ccc2N2CCOCC2)C1. The van der Waals surface area contributed by atoms with Crippen LogP contribution in [0.2, 0.25) is 0 Å². The van der Waals surface area contributed by atoms with E-state index >= 15 is 0 Å². The van der Waals surface area contributed by atoms with Crippen molar-refractivity contribution in [2.24, 2.45) is 5.92 Å². The topological polar surface area (TPSA) is 59.1 Å². The normalized spacial score (nSPS) is 21.2. The van der Waals surface area contributed by atoms with Crippen molar-refractivity contribution in [3.63, 3.8) is 0 Å². The fraction of sp³-hybridized carbons (Fsp3) is 0.529. The summed E-state index contributed by atoms with van der Waals surface area (Å²) in [7, 11) is 1.22. The van der Waals surface area contributed by atoms with Crippen LogP contribution in [0.3, 0.4) is 0 Å². The summed E-state index contributed by atoms with van der Waals surface area (Å²) in [6, 6.07) is 3.36. The minimum atomic E-state index is -4.52. The highest BCUT2D eigenvalue weighted by atomic mass is 19.4. The van der Waals surface area contributed by atoms with Crippen LogP contribution in [-0.4, -0.2) is 51.8 Å². The van der Waals surface area contributed by atoms with E-state index in [0.717, 1.165) is 12.1 Å². The Morgan fingerprint density at radius 3 is 2.54 bits per heavy atom. The van der Waals surface area contributed by atoms with Gasteiger partial charge in [-0.25, -0.2) is 0 Å². The second-order valence-electron chi connectivity index (χ2n) is 6.23. The van der Waals surface area contributed by atoms with Crippen molar-refractivity contribution in [1.82, 2.24) is 0 Å². The third kappa shape index (κ3) is 3.62. The van der Waals surface area contributed by atoms with Gasteiger partial charge in [0.05, 0.1) is 43.2 Å². The van der Waals surface area contributed by atoms with E-state index in [0.29, 0.717) is 32.0 Å². The number of ether oxygens (including phenoxy) is 2. The maximum atomic E-state index is 13.2. The Hall–Kier alpha value is -2.29. The number of alkyl halides is 3. The summed E-state index contributed by atoms with van der Waals surface area (Å²) in [5, 5.41) is 0. The number of carbonyl (C=O) groups is 2. The lowest BCUT2D eigenvalue weighted by molar-refractivity contribution is -0.145. The third-order valence-electron chi connectivity index (χ3n) is 4.60. The number of anilines is 2. The fourth-order valence-corrected chi connectivity index (χ4v) is 3.25. The molecule has 1 atom stereocenters. The number of benzene rings is 1. The van der Waals surface area contributed by atoms with Crippen LogP contribution >= 0.6 is 0 Å². The zero-order valence-corrected chi connectivity index (χ0v) is 14.2. The molecule has 142 valence electrons. The molecule has 0 saturated carbocycles. The predicted molar refractivity (Wildman–Crippen MR) is 87.0 cm³/mol. The fourth-order valence-electron chi connectivity index (χ4n) is 3.25. The number of esters is 1. The van der Waals surface area contributed by atoms with Gasteiger partial charge in [-0.2, -0.15) is 13.2 Å². The van der Waals surface area contributed by atoms with E-state index in [9.17, 15) is 22.8 Å². The number of nitrogens with zero attached hydrogens (tertiary/aromatic N) is 2. The molecule has 0 aliphatic carbocycles. The van der Waals surface area contributed by atoms with Crippen LogP contribution in [0.5, 0.6) is 0 Å². The molecular weight excluding hydrogens is 353 g/mol. The van der Waals surface area contributed by atoms with Gasteiger partial charge in [-0.05, 0) is 18.2 Å². The Balaban J connectivity index is 1.99. The molecule has 6 nitrogen and oxygen atoms in total. The smallest absolute Gasteiger partial charge is 0.416 e. The number of morpholine rings is 1. The molecule has 3 rings (SSSR count). The molecule has 0 spiro atoms. The molecule has 1 amide bonds. The van der Waals surface area contributed by atoms with E-state index in [1.165, 1.54) is 18.1 Å². The first kappa shape index (κ1) is 18.5. The van der Waals surface area contributed by atoms with Crippen LogP contribution in [0.4, 0.5) is 24.5 Å². The molecule has 2 fully saturated rings. The third-order valence-corrected chi connectivity index (χ3v) is 4.60. The summed E-state index contributed by atoms with van der Waals surface area (Å²) >= 11 is 0. The maximum absolute atomic E-state index is 13.2. The first-order valence-electron chi connectivity index (χ1n) is 8.23. The summed E-state index contributed by atoms with van der Waals surface area (Å²) < 4.78 is 49.5. The molecule has 0 radical (unpaired) electrons. The lowest BCUT2D eigenvalue weighted by atomic mass is 10.1. The first-order valence-corrected chi connectivity index (χ1v) is 8.23. The van der Waals surface area contributed by atoms with Crippen molar-refractivity contribution in [3.05, 3.63) is 23.8 Å². The molecule has 0 aromatic heterocycles. The van der Waals surface area contributed by atoms with Gasteiger partial charge in [-0.3, -0.25) is 9.59 Å². The Kier molecular flexibility index (Phi) is 5.08. The Morgan fingerprint density at radius 2 is 1.92 bits per heavy atom. The van der Waals surface area contributed by atoms with Gasteiger partial charge in [-0.1, -0.05) is 0 Å². The number of halogens is 3. The minimum Gasteiger partial charge on any atom is -0.469 e. The Bertz CT molecular complexity index is 702. The number of hydrogen-bond donors (Lipinski definition) is 0. The standard InChI is InChI=1S/C17H19F3N2O4/c1-25-16(24)11-8-15(23)22(10-11)14-9-12(17(18,19)20)2-3-13(14)21-4-6-26-7-5-21/h2-3,9,11H,4-8,10H2,1H3. The van der Waals surface area contributed by atoms with Crippen LogP contribution in [0.1, 0.15) is 12.0 Å². The quantitative estimate of drug-likeness (QED) is 0.761.